The van der Waals surface area contributed by atoms with E-state index in [0.717, 1.165) is 6.42 Å². The molecule has 0 spiro atoms. The Morgan fingerprint density at radius 1 is 1.89 bits per heavy atom. The molecular weight excluding hydrogens is 116 g/mol. The molecule has 0 aliphatic carbocycles. The van der Waals surface area contributed by atoms with E-state index in [9.17, 15) is 4.79 Å². The molecule has 1 aliphatic heterocycles. The van der Waals surface area contributed by atoms with Crippen molar-refractivity contribution < 1.29 is 4.79 Å². The van der Waals surface area contributed by atoms with Gasteiger partial charge in [-0.2, -0.15) is 0 Å². The minimum absolute atomic E-state index is 0.0939. The molecule has 0 aromatic carbocycles. The Bertz CT molecular complexity index is 122. The van der Waals surface area contributed by atoms with Crippen LogP contribution in [0.4, 0.5) is 0 Å². The zero-order valence-corrected chi connectivity index (χ0v) is 5.55. The van der Waals surface area contributed by atoms with E-state index in [1.807, 2.05) is 6.92 Å². The fraction of sp³-hybridized carbons (Fsp3) is 0.833. The number of nitrogens with one attached hydrogen (secondary N) is 1. The molecule has 0 saturated carbocycles. The van der Waals surface area contributed by atoms with Crippen LogP contribution in [0.5, 0.6) is 0 Å². The van der Waals surface area contributed by atoms with E-state index in [1.54, 1.807) is 0 Å². The van der Waals surface area contributed by atoms with Crippen LogP contribution in [0.25, 0.3) is 0 Å². The molecule has 1 heterocycles. The molecule has 1 amide bonds. The minimum atomic E-state index is 0.0939. The maximum absolute atomic E-state index is 10.6. The molecule has 9 heavy (non-hydrogen) atoms. The second kappa shape index (κ2) is 2.35. The van der Waals surface area contributed by atoms with E-state index in [2.05, 4.69) is 5.32 Å². The first kappa shape index (κ1) is 6.55. The summed E-state index contributed by atoms with van der Waals surface area (Å²) >= 11 is 0. The number of hydrogen-bond donors (Lipinski definition) is 2. The van der Waals surface area contributed by atoms with Gasteiger partial charge in [0.15, 0.2) is 0 Å². The highest BCUT2D eigenvalue weighted by molar-refractivity contribution is 5.78. The third-order valence-corrected chi connectivity index (χ3v) is 1.66. The van der Waals surface area contributed by atoms with Gasteiger partial charge in [0.05, 0.1) is 0 Å². The van der Waals surface area contributed by atoms with Crippen LogP contribution >= 0.6 is 0 Å². The lowest BCUT2D eigenvalue weighted by molar-refractivity contribution is -0.119. The van der Waals surface area contributed by atoms with Crippen LogP contribution in [0.2, 0.25) is 0 Å². The minimum Gasteiger partial charge on any atom is -0.352 e. The van der Waals surface area contributed by atoms with Crippen molar-refractivity contribution in [3.8, 4) is 0 Å². The van der Waals surface area contributed by atoms with Crippen molar-refractivity contribution in [2.45, 2.75) is 31.8 Å². The lowest BCUT2D eigenvalue weighted by atomic mass is 10.1. The standard InChI is InChI=1S/C6H12N2O/c1-4(7)5-2-3-6(9)8-5/h4-5H,2-3,7H2,1H3,(H,8,9)/t4-,5+/m0/s1. The fourth-order valence-corrected chi connectivity index (χ4v) is 1.03. The molecule has 52 valence electrons. The second-order valence-corrected chi connectivity index (χ2v) is 2.57. The van der Waals surface area contributed by atoms with Crippen molar-refractivity contribution in [1.82, 2.24) is 5.32 Å². The van der Waals surface area contributed by atoms with Crippen LogP contribution in [0.1, 0.15) is 19.8 Å². The van der Waals surface area contributed by atoms with E-state index in [4.69, 9.17) is 5.73 Å². The largest absolute Gasteiger partial charge is 0.352 e. The first-order chi connectivity index (χ1) is 4.20. The summed E-state index contributed by atoms with van der Waals surface area (Å²) in [6.07, 6.45) is 1.54. The summed E-state index contributed by atoms with van der Waals surface area (Å²) in [6.45, 7) is 1.91. The van der Waals surface area contributed by atoms with Crippen molar-refractivity contribution in [2.24, 2.45) is 5.73 Å². The molecule has 1 rings (SSSR count). The summed E-state index contributed by atoms with van der Waals surface area (Å²) in [7, 11) is 0. The van der Waals surface area contributed by atoms with E-state index in [0.29, 0.717) is 6.42 Å². The molecule has 0 aromatic heterocycles. The molecule has 1 aliphatic rings. The number of carbonyl (C=O) groups excluding carboxylic acids is 1. The van der Waals surface area contributed by atoms with Crippen molar-refractivity contribution in [3.63, 3.8) is 0 Å². The average molecular weight is 128 g/mol. The van der Waals surface area contributed by atoms with Crippen molar-refractivity contribution >= 4 is 5.91 Å². The lowest BCUT2D eigenvalue weighted by Crippen LogP contribution is -2.40. The van der Waals surface area contributed by atoms with Gasteiger partial charge >= 0.3 is 0 Å². The van der Waals surface area contributed by atoms with Gasteiger partial charge in [-0.1, -0.05) is 0 Å². The van der Waals surface area contributed by atoms with Gasteiger partial charge in [-0.15, -0.1) is 0 Å². The first-order valence-corrected chi connectivity index (χ1v) is 3.25. The summed E-state index contributed by atoms with van der Waals surface area (Å²) in [5.74, 6) is 0.136. The maximum Gasteiger partial charge on any atom is 0.220 e. The zero-order chi connectivity index (χ0) is 6.85. The smallest absolute Gasteiger partial charge is 0.220 e. The Balaban J connectivity index is 2.39. The number of nitrogens with two attached hydrogens (primary N) is 1. The molecule has 3 heteroatoms. The Kier molecular flexibility index (Phi) is 1.71. The molecule has 0 unspecified atom stereocenters. The molecule has 0 aromatic rings. The van der Waals surface area contributed by atoms with Gasteiger partial charge in [0.2, 0.25) is 5.91 Å². The maximum atomic E-state index is 10.6. The summed E-state index contributed by atoms with van der Waals surface area (Å²) in [4.78, 5) is 10.6. The Labute approximate surface area is 54.6 Å². The Morgan fingerprint density at radius 2 is 2.56 bits per heavy atom. The van der Waals surface area contributed by atoms with E-state index >= 15 is 0 Å². The van der Waals surface area contributed by atoms with Crippen molar-refractivity contribution in [1.29, 1.82) is 0 Å². The molecule has 1 saturated heterocycles. The van der Waals surface area contributed by atoms with E-state index in [1.165, 1.54) is 0 Å². The van der Waals surface area contributed by atoms with Crippen LogP contribution in [0.15, 0.2) is 0 Å². The van der Waals surface area contributed by atoms with E-state index < -0.39 is 0 Å². The van der Waals surface area contributed by atoms with Gasteiger partial charge in [0.25, 0.3) is 0 Å². The van der Waals surface area contributed by atoms with Gasteiger partial charge in [-0.3, -0.25) is 4.79 Å². The predicted molar refractivity (Wildman–Crippen MR) is 34.8 cm³/mol. The topological polar surface area (TPSA) is 55.1 Å². The SMILES string of the molecule is C[C@H](N)[C@H]1CCC(=O)N1. The number of carbonyl (C=O) groups is 1. The third-order valence-electron chi connectivity index (χ3n) is 1.66. The van der Waals surface area contributed by atoms with Gasteiger partial charge in [-0.05, 0) is 13.3 Å². The van der Waals surface area contributed by atoms with E-state index in [-0.39, 0.29) is 18.0 Å². The van der Waals surface area contributed by atoms with Gasteiger partial charge in [0.1, 0.15) is 0 Å². The number of hydrogen-bond acceptors (Lipinski definition) is 2. The van der Waals surface area contributed by atoms with Crippen LogP contribution < -0.4 is 11.1 Å². The van der Waals surface area contributed by atoms with Gasteiger partial charge in [0, 0.05) is 18.5 Å². The Morgan fingerprint density at radius 3 is 2.78 bits per heavy atom. The van der Waals surface area contributed by atoms with Gasteiger partial charge in [-0.25, -0.2) is 0 Å². The molecule has 3 N–H and O–H groups in total. The number of amides is 1. The fourth-order valence-electron chi connectivity index (χ4n) is 1.03. The van der Waals surface area contributed by atoms with Crippen LogP contribution in [0.3, 0.4) is 0 Å². The molecule has 3 nitrogen and oxygen atoms in total. The highest BCUT2D eigenvalue weighted by atomic mass is 16.1. The Hall–Kier alpha value is -0.570. The summed E-state index contributed by atoms with van der Waals surface area (Å²) in [5, 5.41) is 2.79. The summed E-state index contributed by atoms with van der Waals surface area (Å²) in [6, 6.07) is 0.314. The quantitative estimate of drug-likeness (QED) is 0.505. The third kappa shape index (κ3) is 1.42. The highest BCUT2D eigenvalue weighted by Crippen LogP contribution is 2.07. The number of rotatable bonds is 1. The molecule has 1 fully saturated rings. The normalized spacial score (nSPS) is 30.0. The summed E-state index contributed by atoms with van der Waals surface area (Å²) in [5.41, 5.74) is 5.55. The molecule has 2 atom stereocenters. The van der Waals surface area contributed by atoms with Crippen LogP contribution in [-0.4, -0.2) is 18.0 Å². The summed E-state index contributed by atoms with van der Waals surface area (Å²) < 4.78 is 0. The molecule has 0 radical (unpaired) electrons. The monoisotopic (exact) mass is 128 g/mol. The predicted octanol–water partition coefficient (Wildman–Crippen LogP) is -0.388. The molecule has 0 bridgehead atoms. The van der Waals surface area contributed by atoms with Crippen molar-refractivity contribution in [3.05, 3.63) is 0 Å². The van der Waals surface area contributed by atoms with Crippen molar-refractivity contribution in [2.75, 3.05) is 0 Å². The van der Waals surface area contributed by atoms with Gasteiger partial charge < -0.3 is 11.1 Å². The van der Waals surface area contributed by atoms with Crippen LogP contribution in [-0.2, 0) is 4.79 Å². The lowest BCUT2D eigenvalue weighted by Gasteiger charge is -2.12. The second-order valence-electron chi connectivity index (χ2n) is 2.57. The molecular formula is C6H12N2O. The zero-order valence-electron chi connectivity index (χ0n) is 5.55. The highest BCUT2D eigenvalue weighted by Gasteiger charge is 2.22. The first-order valence-electron chi connectivity index (χ1n) is 3.25. The van der Waals surface area contributed by atoms with Crippen LogP contribution in [0, 0.1) is 0 Å². The average Bonchev–Trinajstić information content (AvgIpc) is 2.14.